The Labute approximate surface area is 124 Å². The van der Waals surface area contributed by atoms with Crippen molar-refractivity contribution >= 4 is 28.6 Å². The van der Waals surface area contributed by atoms with E-state index in [1.807, 2.05) is 0 Å². The summed E-state index contributed by atoms with van der Waals surface area (Å²) in [7, 11) is 0. The predicted molar refractivity (Wildman–Crippen MR) is 83.1 cm³/mol. The summed E-state index contributed by atoms with van der Waals surface area (Å²) in [6.07, 6.45) is 7.92. The quantitative estimate of drug-likeness (QED) is 0.570. The summed E-state index contributed by atoms with van der Waals surface area (Å²) in [5.74, 6) is 1.55. The number of halogens is 1. The summed E-state index contributed by atoms with van der Waals surface area (Å²) >= 11 is 5.88. The summed E-state index contributed by atoms with van der Waals surface area (Å²) in [5, 5.41) is 3.53. The Morgan fingerprint density at radius 1 is 1.20 bits per heavy atom. The minimum Gasteiger partial charge on any atom is -0.368 e. The minimum atomic E-state index is 0.226. The maximum absolute atomic E-state index is 5.88. The Bertz CT molecular complexity index is 537. The van der Waals surface area contributed by atoms with Gasteiger partial charge in [-0.25, -0.2) is 4.98 Å². The molecule has 0 aliphatic carbocycles. The van der Waals surface area contributed by atoms with Crippen molar-refractivity contribution in [1.82, 2.24) is 19.9 Å². The fourth-order valence-corrected chi connectivity index (χ4v) is 2.34. The van der Waals surface area contributed by atoms with Crippen molar-refractivity contribution in [1.29, 1.82) is 0 Å². The Hall–Kier alpha value is -1.36. The Morgan fingerprint density at radius 2 is 2.00 bits per heavy atom. The van der Waals surface area contributed by atoms with Crippen LogP contribution in [0.15, 0.2) is 6.33 Å². The van der Waals surface area contributed by atoms with E-state index < -0.39 is 0 Å². The molecule has 5 nitrogen and oxygen atoms in total. The van der Waals surface area contributed by atoms with Crippen molar-refractivity contribution in [2.45, 2.75) is 46.0 Å². The van der Waals surface area contributed by atoms with E-state index in [-0.39, 0.29) is 5.28 Å². The van der Waals surface area contributed by atoms with E-state index in [1.165, 1.54) is 25.7 Å². The van der Waals surface area contributed by atoms with Crippen molar-refractivity contribution in [3.63, 3.8) is 0 Å². The highest BCUT2D eigenvalue weighted by Crippen LogP contribution is 2.18. The molecule has 0 fully saturated rings. The lowest BCUT2D eigenvalue weighted by molar-refractivity contribution is 0.523. The molecule has 6 heteroatoms. The van der Waals surface area contributed by atoms with E-state index in [0.29, 0.717) is 5.65 Å². The summed E-state index contributed by atoms with van der Waals surface area (Å²) in [4.78, 5) is 15.4. The Balaban J connectivity index is 1.74. The molecule has 0 unspecified atom stereocenters. The Morgan fingerprint density at radius 3 is 2.80 bits per heavy atom. The summed E-state index contributed by atoms with van der Waals surface area (Å²) in [6.45, 7) is 5.44. The molecular weight excluding hydrogens is 274 g/mol. The lowest BCUT2D eigenvalue weighted by Crippen LogP contribution is -2.05. The largest absolute Gasteiger partial charge is 0.368 e. The van der Waals surface area contributed by atoms with Crippen LogP contribution in [0, 0.1) is 5.92 Å². The number of aromatic amines is 1. The van der Waals surface area contributed by atoms with Gasteiger partial charge in [0.05, 0.1) is 6.33 Å². The molecule has 2 heterocycles. The first-order valence-corrected chi connectivity index (χ1v) is 7.65. The molecule has 2 aromatic heterocycles. The van der Waals surface area contributed by atoms with Gasteiger partial charge in [0.1, 0.15) is 5.52 Å². The van der Waals surface area contributed by atoms with Crippen molar-refractivity contribution in [3.05, 3.63) is 11.6 Å². The average Bonchev–Trinajstić information content (AvgIpc) is 2.85. The molecule has 0 spiro atoms. The molecule has 0 radical (unpaired) electrons. The van der Waals surface area contributed by atoms with Crippen LogP contribution in [-0.2, 0) is 0 Å². The number of unbranched alkanes of at least 4 members (excludes halogenated alkanes) is 3. The molecular formula is C14H22ClN5. The van der Waals surface area contributed by atoms with Gasteiger partial charge in [-0.15, -0.1) is 0 Å². The van der Waals surface area contributed by atoms with Crippen molar-refractivity contribution in [2.75, 3.05) is 11.9 Å². The third-order valence-electron chi connectivity index (χ3n) is 3.26. The zero-order chi connectivity index (χ0) is 14.4. The monoisotopic (exact) mass is 295 g/mol. The number of hydrogen-bond acceptors (Lipinski definition) is 4. The zero-order valence-corrected chi connectivity index (χ0v) is 12.9. The van der Waals surface area contributed by atoms with Gasteiger partial charge in [-0.05, 0) is 23.9 Å². The highest BCUT2D eigenvalue weighted by molar-refractivity contribution is 6.28. The molecule has 2 rings (SSSR count). The van der Waals surface area contributed by atoms with Crippen LogP contribution in [0.3, 0.4) is 0 Å². The van der Waals surface area contributed by atoms with Crippen LogP contribution in [-0.4, -0.2) is 26.5 Å². The second-order valence-corrected chi connectivity index (χ2v) is 5.80. The second-order valence-electron chi connectivity index (χ2n) is 5.47. The molecule has 0 saturated carbocycles. The number of fused-ring (bicyclic) bond motifs is 1. The Kier molecular flexibility index (Phi) is 5.59. The number of rotatable bonds is 8. The van der Waals surface area contributed by atoms with Gasteiger partial charge in [0.25, 0.3) is 0 Å². The third-order valence-corrected chi connectivity index (χ3v) is 3.43. The number of nitrogens with one attached hydrogen (secondary N) is 2. The smallest absolute Gasteiger partial charge is 0.226 e. The topological polar surface area (TPSA) is 66.5 Å². The van der Waals surface area contributed by atoms with Crippen molar-refractivity contribution in [2.24, 2.45) is 5.92 Å². The number of H-pyrrole nitrogens is 1. The maximum atomic E-state index is 5.88. The first-order valence-electron chi connectivity index (χ1n) is 7.27. The van der Waals surface area contributed by atoms with Crippen LogP contribution in [0.25, 0.3) is 11.2 Å². The van der Waals surface area contributed by atoms with Gasteiger partial charge in [0.15, 0.2) is 11.5 Å². The van der Waals surface area contributed by atoms with E-state index in [9.17, 15) is 0 Å². The molecule has 0 aromatic carbocycles. The lowest BCUT2D eigenvalue weighted by Gasteiger charge is -2.07. The van der Waals surface area contributed by atoms with Gasteiger partial charge in [-0.2, -0.15) is 9.97 Å². The van der Waals surface area contributed by atoms with Gasteiger partial charge >= 0.3 is 0 Å². The maximum Gasteiger partial charge on any atom is 0.226 e. The standard InChI is InChI=1S/C14H22ClN5/c1-10(2)7-5-3-4-6-8-16-12-11-13(18-9-17-11)20-14(15)19-12/h9-10H,3-8H2,1-2H3,(H2,16,17,18,19,20). The van der Waals surface area contributed by atoms with Gasteiger partial charge in [0.2, 0.25) is 5.28 Å². The average molecular weight is 296 g/mol. The number of anilines is 1. The first kappa shape index (κ1) is 15.0. The van der Waals surface area contributed by atoms with Crippen LogP contribution in [0.1, 0.15) is 46.0 Å². The van der Waals surface area contributed by atoms with Gasteiger partial charge in [-0.3, -0.25) is 0 Å². The fraction of sp³-hybridized carbons (Fsp3) is 0.643. The summed E-state index contributed by atoms with van der Waals surface area (Å²) < 4.78 is 0. The normalized spacial score (nSPS) is 11.4. The lowest BCUT2D eigenvalue weighted by atomic mass is 10.0. The van der Waals surface area contributed by atoms with Crippen LogP contribution in [0.4, 0.5) is 5.82 Å². The van der Waals surface area contributed by atoms with Gasteiger partial charge in [-0.1, -0.05) is 39.5 Å². The second kappa shape index (κ2) is 7.43. The van der Waals surface area contributed by atoms with Crippen LogP contribution < -0.4 is 5.32 Å². The van der Waals surface area contributed by atoms with Gasteiger partial charge in [0, 0.05) is 6.54 Å². The van der Waals surface area contributed by atoms with Crippen molar-refractivity contribution < 1.29 is 0 Å². The number of imidazole rings is 1. The molecule has 0 amide bonds. The van der Waals surface area contributed by atoms with Crippen LogP contribution in [0.5, 0.6) is 0 Å². The van der Waals surface area contributed by atoms with Gasteiger partial charge < -0.3 is 10.3 Å². The summed E-state index contributed by atoms with van der Waals surface area (Å²) in [6, 6.07) is 0. The summed E-state index contributed by atoms with van der Waals surface area (Å²) in [5.41, 5.74) is 1.42. The number of aromatic nitrogens is 4. The number of nitrogens with zero attached hydrogens (tertiary/aromatic N) is 3. The molecule has 0 saturated heterocycles. The third kappa shape index (κ3) is 4.34. The minimum absolute atomic E-state index is 0.226. The molecule has 0 atom stereocenters. The molecule has 110 valence electrons. The van der Waals surface area contributed by atoms with Crippen molar-refractivity contribution in [3.8, 4) is 0 Å². The van der Waals surface area contributed by atoms with E-state index in [2.05, 4.69) is 39.1 Å². The molecule has 20 heavy (non-hydrogen) atoms. The molecule has 0 aliphatic rings. The molecule has 2 N–H and O–H groups in total. The van der Waals surface area contributed by atoms with E-state index in [4.69, 9.17) is 11.6 Å². The zero-order valence-electron chi connectivity index (χ0n) is 12.1. The van der Waals surface area contributed by atoms with Crippen LogP contribution in [0.2, 0.25) is 5.28 Å². The predicted octanol–water partition coefficient (Wildman–Crippen LogP) is 4.02. The first-order chi connectivity index (χ1) is 9.66. The van der Waals surface area contributed by atoms with E-state index >= 15 is 0 Å². The van der Waals surface area contributed by atoms with E-state index in [1.54, 1.807) is 6.33 Å². The SMILES string of the molecule is CC(C)CCCCCCNc1nc(Cl)nc2nc[nH]c12. The van der Waals surface area contributed by atoms with Crippen LogP contribution >= 0.6 is 11.6 Å². The molecule has 0 bridgehead atoms. The molecule has 2 aromatic rings. The fourth-order valence-electron chi connectivity index (χ4n) is 2.17. The molecule has 0 aliphatic heterocycles. The van der Waals surface area contributed by atoms with E-state index in [0.717, 1.165) is 30.2 Å². The highest BCUT2D eigenvalue weighted by Gasteiger charge is 2.07. The number of hydrogen-bond donors (Lipinski definition) is 2. The highest BCUT2D eigenvalue weighted by atomic mass is 35.5.